The van der Waals surface area contributed by atoms with E-state index in [0.29, 0.717) is 12.5 Å². The number of ether oxygens (including phenoxy) is 1. The van der Waals surface area contributed by atoms with Gasteiger partial charge in [-0.3, -0.25) is 4.99 Å². The van der Waals surface area contributed by atoms with Gasteiger partial charge in [-0.25, -0.2) is 4.98 Å². The molecule has 0 aliphatic rings. The lowest BCUT2D eigenvalue weighted by Crippen LogP contribution is -2.45. The van der Waals surface area contributed by atoms with E-state index in [-0.39, 0.29) is 5.60 Å². The molecule has 1 aromatic heterocycles. The normalized spacial score (nSPS) is 12.8. The summed E-state index contributed by atoms with van der Waals surface area (Å²) in [6.07, 6.45) is 0.900. The van der Waals surface area contributed by atoms with Crippen LogP contribution >= 0.6 is 11.3 Å². The van der Waals surface area contributed by atoms with Crippen LogP contribution in [0.3, 0.4) is 0 Å². The Bertz CT molecular complexity index is 454. The zero-order valence-electron chi connectivity index (χ0n) is 14.0. The van der Waals surface area contributed by atoms with E-state index in [1.165, 1.54) is 5.01 Å². The number of rotatable bonds is 7. The summed E-state index contributed by atoms with van der Waals surface area (Å²) in [5.41, 5.74) is 0.933. The van der Waals surface area contributed by atoms with Gasteiger partial charge in [-0.05, 0) is 13.8 Å². The minimum absolute atomic E-state index is 0.210. The molecule has 0 aliphatic carbocycles. The summed E-state index contributed by atoms with van der Waals surface area (Å²) in [5.74, 6) is 1.29. The first kappa shape index (κ1) is 17.9. The fraction of sp³-hybridized carbons (Fsp3) is 0.733. The molecule has 0 atom stereocenters. The molecule has 0 radical (unpaired) electrons. The molecule has 0 fully saturated rings. The van der Waals surface area contributed by atoms with Crippen molar-refractivity contribution in [1.29, 1.82) is 0 Å². The summed E-state index contributed by atoms with van der Waals surface area (Å²) in [5, 5.41) is 9.91. The Morgan fingerprint density at radius 3 is 2.67 bits per heavy atom. The van der Waals surface area contributed by atoms with E-state index in [4.69, 9.17) is 4.74 Å². The summed E-state index contributed by atoms with van der Waals surface area (Å²) >= 11 is 1.74. The third-order valence-corrected chi connectivity index (χ3v) is 4.39. The zero-order valence-corrected chi connectivity index (χ0v) is 14.8. The largest absolute Gasteiger partial charge is 0.377 e. The van der Waals surface area contributed by atoms with Crippen molar-refractivity contribution in [3.05, 3.63) is 16.1 Å². The second-order valence-electron chi connectivity index (χ2n) is 5.90. The number of aliphatic imine (C=N–C) groups is 1. The van der Waals surface area contributed by atoms with Crippen molar-refractivity contribution in [2.45, 2.75) is 45.6 Å². The number of nitrogens with one attached hydrogen (secondary N) is 2. The fourth-order valence-electron chi connectivity index (χ4n) is 1.60. The van der Waals surface area contributed by atoms with Crippen LogP contribution in [0.25, 0.3) is 0 Å². The highest BCUT2D eigenvalue weighted by molar-refractivity contribution is 7.09. The van der Waals surface area contributed by atoms with E-state index < -0.39 is 0 Å². The maximum Gasteiger partial charge on any atom is 0.191 e. The average Bonchev–Trinajstić information content (AvgIpc) is 2.91. The van der Waals surface area contributed by atoms with Crippen LogP contribution in [0.1, 0.15) is 44.3 Å². The zero-order chi connectivity index (χ0) is 15.9. The number of hydrogen-bond donors (Lipinski definition) is 2. The smallest absolute Gasteiger partial charge is 0.191 e. The molecular weight excluding hydrogens is 284 g/mol. The van der Waals surface area contributed by atoms with E-state index in [0.717, 1.165) is 24.6 Å². The van der Waals surface area contributed by atoms with Crippen molar-refractivity contribution in [3.63, 3.8) is 0 Å². The Morgan fingerprint density at radius 1 is 1.43 bits per heavy atom. The van der Waals surface area contributed by atoms with Gasteiger partial charge in [-0.1, -0.05) is 13.8 Å². The number of hydrogen-bond acceptors (Lipinski definition) is 4. The Hall–Kier alpha value is -1.14. The SMILES string of the molecule is CN=C(NCCc1csc(C(C)C)n1)NCC(C)(C)OC. The maximum absolute atomic E-state index is 5.38. The molecule has 1 heterocycles. The second kappa shape index (κ2) is 8.34. The van der Waals surface area contributed by atoms with Gasteiger partial charge in [0.25, 0.3) is 0 Å². The molecule has 6 heteroatoms. The van der Waals surface area contributed by atoms with Gasteiger partial charge in [-0.15, -0.1) is 11.3 Å². The van der Waals surface area contributed by atoms with Crippen LogP contribution in [0.15, 0.2) is 10.4 Å². The fourth-order valence-corrected chi connectivity index (χ4v) is 2.47. The molecule has 5 nitrogen and oxygen atoms in total. The summed E-state index contributed by atoms with van der Waals surface area (Å²) in [4.78, 5) is 8.84. The molecule has 0 bridgehead atoms. The van der Waals surface area contributed by atoms with Crippen molar-refractivity contribution < 1.29 is 4.74 Å². The van der Waals surface area contributed by atoms with E-state index in [1.54, 1.807) is 25.5 Å². The van der Waals surface area contributed by atoms with Crippen LogP contribution in [-0.2, 0) is 11.2 Å². The highest BCUT2D eigenvalue weighted by Gasteiger charge is 2.16. The predicted octanol–water partition coefficient (Wildman–Crippen LogP) is 2.40. The molecule has 0 spiro atoms. The number of nitrogens with zero attached hydrogens (tertiary/aromatic N) is 2. The van der Waals surface area contributed by atoms with Crippen LogP contribution in [-0.4, -0.2) is 43.8 Å². The highest BCUT2D eigenvalue weighted by atomic mass is 32.1. The minimum Gasteiger partial charge on any atom is -0.377 e. The van der Waals surface area contributed by atoms with E-state index in [1.807, 2.05) is 13.8 Å². The highest BCUT2D eigenvalue weighted by Crippen LogP contribution is 2.19. The van der Waals surface area contributed by atoms with Gasteiger partial charge in [0.15, 0.2) is 5.96 Å². The van der Waals surface area contributed by atoms with Crippen LogP contribution in [0.4, 0.5) is 0 Å². The average molecular weight is 312 g/mol. The minimum atomic E-state index is -0.210. The molecule has 1 aromatic rings. The molecular formula is C15H28N4OS. The van der Waals surface area contributed by atoms with Gasteiger partial charge in [0.1, 0.15) is 0 Å². The summed E-state index contributed by atoms with van der Waals surface area (Å²) in [6, 6.07) is 0. The van der Waals surface area contributed by atoms with Gasteiger partial charge >= 0.3 is 0 Å². The van der Waals surface area contributed by atoms with Gasteiger partial charge in [-0.2, -0.15) is 0 Å². The summed E-state index contributed by atoms with van der Waals surface area (Å²) in [6.45, 7) is 9.94. The Morgan fingerprint density at radius 2 is 2.14 bits per heavy atom. The van der Waals surface area contributed by atoms with E-state index >= 15 is 0 Å². The molecule has 0 amide bonds. The van der Waals surface area contributed by atoms with Crippen molar-refractivity contribution in [2.75, 3.05) is 27.2 Å². The van der Waals surface area contributed by atoms with E-state index in [9.17, 15) is 0 Å². The number of methoxy groups -OCH3 is 1. The third-order valence-electron chi connectivity index (χ3n) is 3.19. The predicted molar refractivity (Wildman–Crippen MR) is 90.4 cm³/mol. The van der Waals surface area contributed by atoms with E-state index in [2.05, 4.69) is 39.8 Å². The standard InChI is InChI=1S/C15H28N4OS/c1-11(2)13-19-12(9-21-13)7-8-17-14(16-5)18-10-15(3,4)20-6/h9,11H,7-8,10H2,1-6H3,(H2,16,17,18). The Labute approximate surface area is 132 Å². The summed E-state index contributed by atoms with van der Waals surface area (Å²) < 4.78 is 5.38. The van der Waals surface area contributed by atoms with Gasteiger partial charge < -0.3 is 15.4 Å². The second-order valence-corrected chi connectivity index (χ2v) is 6.79. The van der Waals surface area contributed by atoms with Gasteiger partial charge in [0, 0.05) is 45.0 Å². The Balaban J connectivity index is 2.35. The molecule has 21 heavy (non-hydrogen) atoms. The lowest BCUT2D eigenvalue weighted by Gasteiger charge is -2.24. The topological polar surface area (TPSA) is 58.5 Å². The van der Waals surface area contributed by atoms with Crippen molar-refractivity contribution in [3.8, 4) is 0 Å². The quantitative estimate of drug-likeness (QED) is 0.599. The van der Waals surface area contributed by atoms with Crippen LogP contribution < -0.4 is 10.6 Å². The number of guanidine groups is 1. The molecule has 0 aromatic carbocycles. The molecule has 0 unspecified atom stereocenters. The molecule has 1 rings (SSSR count). The molecule has 2 N–H and O–H groups in total. The molecule has 120 valence electrons. The molecule has 0 saturated carbocycles. The monoisotopic (exact) mass is 312 g/mol. The lowest BCUT2D eigenvalue weighted by atomic mass is 10.1. The summed E-state index contributed by atoms with van der Waals surface area (Å²) in [7, 11) is 3.49. The third kappa shape index (κ3) is 6.44. The Kier molecular flexibility index (Phi) is 7.11. The first-order valence-electron chi connectivity index (χ1n) is 7.32. The lowest BCUT2D eigenvalue weighted by molar-refractivity contribution is 0.0268. The number of thiazole rings is 1. The number of aromatic nitrogens is 1. The van der Waals surface area contributed by atoms with Crippen LogP contribution in [0, 0.1) is 0 Å². The van der Waals surface area contributed by atoms with Crippen LogP contribution in [0.5, 0.6) is 0 Å². The van der Waals surface area contributed by atoms with Crippen molar-refractivity contribution >= 4 is 17.3 Å². The molecule has 0 aliphatic heterocycles. The maximum atomic E-state index is 5.38. The van der Waals surface area contributed by atoms with Crippen LogP contribution in [0.2, 0.25) is 0 Å². The van der Waals surface area contributed by atoms with Gasteiger partial charge in [0.05, 0.1) is 16.3 Å². The first-order chi connectivity index (χ1) is 9.88. The first-order valence-corrected chi connectivity index (χ1v) is 8.20. The molecule has 0 saturated heterocycles. The van der Waals surface area contributed by atoms with Crippen molar-refractivity contribution in [1.82, 2.24) is 15.6 Å². The van der Waals surface area contributed by atoms with Crippen molar-refractivity contribution in [2.24, 2.45) is 4.99 Å². The van der Waals surface area contributed by atoms with Gasteiger partial charge in [0.2, 0.25) is 0 Å².